The number of anilines is 1. The number of aromatic nitrogens is 4. The minimum atomic E-state index is -0.942. The number of carboxylic acid groups (broad SMARTS) is 1. The molecule has 7 heteroatoms. The van der Waals surface area contributed by atoms with Crippen molar-refractivity contribution in [3.05, 3.63) is 58.9 Å². The zero-order chi connectivity index (χ0) is 17.3. The second-order valence-corrected chi connectivity index (χ2v) is 5.61. The van der Waals surface area contributed by atoms with E-state index in [2.05, 4.69) is 15.1 Å². The summed E-state index contributed by atoms with van der Waals surface area (Å²) in [6, 6.07) is 8.70. The first-order valence-corrected chi connectivity index (χ1v) is 7.38. The third kappa shape index (κ3) is 3.24. The lowest BCUT2D eigenvalue weighted by Crippen LogP contribution is -2.01. The molecule has 7 nitrogen and oxygen atoms in total. The molecular weight excluding hydrogens is 306 g/mol. The van der Waals surface area contributed by atoms with Crippen LogP contribution in [0.4, 0.5) is 5.95 Å². The molecule has 0 atom stereocenters. The number of hydrogen-bond acceptors (Lipinski definition) is 5. The van der Waals surface area contributed by atoms with Crippen molar-refractivity contribution in [2.24, 2.45) is 7.05 Å². The predicted octanol–water partition coefficient (Wildman–Crippen LogP) is 2.06. The number of rotatable bonds is 4. The average molecular weight is 323 g/mol. The Labute approximate surface area is 138 Å². The summed E-state index contributed by atoms with van der Waals surface area (Å²) in [6.07, 6.45) is 2.45. The maximum atomic E-state index is 11.1. The van der Waals surface area contributed by atoms with Crippen LogP contribution in [0.25, 0.3) is 11.4 Å². The Balaban J connectivity index is 2.01. The summed E-state index contributed by atoms with van der Waals surface area (Å²) in [5.74, 6) is -0.739. The van der Waals surface area contributed by atoms with Crippen molar-refractivity contribution in [3.63, 3.8) is 0 Å². The largest absolute Gasteiger partial charge is 0.478 e. The summed E-state index contributed by atoms with van der Waals surface area (Å²) >= 11 is 0. The maximum absolute atomic E-state index is 11.1. The van der Waals surface area contributed by atoms with Crippen molar-refractivity contribution in [1.82, 2.24) is 19.7 Å². The Morgan fingerprint density at radius 2 is 2.08 bits per heavy atom. The van der Waals surface area contributed by atoms with Crippen LogP contribution >= 0.6 is 0 Å². The van der Waals surface area contributed by atoms with Gasteiger partial charge in [0.05, 0.1) is 11.3 Å². The monoisotopic (exact) mass is 323 g/mol. The van der Waals surface area contributed by atoms with Gasteiger partial charge in [-0.1, -0.05) is 12.1 Å². The lowest BCUT2D eigenvalue weighted by atomic mass is 10.0. The molecule has 0 unspecified atom stereocenters. The van der Waals surface area contributed by atoms with E-state index in [9.17, 15) is 4.79 Å². The van der Waals surface area contributed by atoms with Crippen molar-refractivity contribution >= 4 is 11.9 Å². The number of nitrogen functional groups attached to an aromatic ring is 1. The van der Waals surface area contributed by atoms with Gasteiger partial charge in [-0.2, -0.15) is 5.10 Å². The molecule has 3 N–H and O–H groups in total. The zero-order valence-corrected chi connectivity index (χ0v) is 13.4. The van der Waals surface area contributed by atoms with Gasteiger partial charge in [0.25, 0.3) is 0 Å². The fourth-order valence-electron chi connectivity index (χ4n) is 2.63. The molecule has 0 radical (unpaired) electrons. The first-order valence-electron chi connectivity index (χ1n) is 7.38. The van der Waals surface area contributed by atoms with E-state index < -0.39 is 5.97 Å². The number of aromatic carboxylic acids is 1. The molecule has 24 heavy (non-hydrogen) atoms. The van der Waals surface area contributed by atoms with Crippen molar-refractivity contribution < 1.29 is 9.90 Å². The number of nitrogens with zero attached hydrogens (tertiary/aromatic N) is 4. The van der Waals surface area contributed by atoms with E-state index in [4.69, 9.17) is 10.8 Å². The number of carbonyl (C=O) groups is 1. The molecule has 0 bridgehead atoms. The Morgan fingerprint density at radius 1 is 1.29 bits per heavy atom. The van der Waals surface area contributed by atoms with E-state index in [0.29, 0.717) is 12.1 Å². The fourth-order valence-corrected chi connectivity index (χ4v) is 2.63. The molecule has 1 aromatic carbocycles. The van der Waals surface area contributed by atoms with Gasteiger partial charge in [0, 0.05) is 30.9 Å². The van der Waals surface area contributed by atoms with Crippen LogP contribution in [0.2, 0.25) is 0 Å². The molecule has 2 heterocycles. The molecule has 2 aromatic heterocycles. The summed E-state index contributed by atoms with van der Waals surface area (Å²) in [6.45, 7) is 1.85. The highest BCUT2D eigenvalue weighted by molar-refractivity contribution is 5.87. The van der Waals surface area contributed by atoms with E-state index >= 15 is 0 Å². The first-order chi connectivity index (χ1) is 11.4. The van der Waals surface area contributed by atoms with Gasteiger partial charge in [-0.25, -0.2) is 14.8 Å². The molecule has 0 amide bonds. The van der Waals surface area contributed by atoms with Crippen molar-refractivity contribution in [1.29, 1.82) is 0 Å². The van der Waals surface area contributed by atoms with Crippen molar-refractivity contribution in [3.8, 4) is 11.4 Å². The van der Waals surface area contributed by atoms with E-state index in [0.717, 1.165) is 22.5 Å². The Bertz CT molecular complexity index is 897. The van der Waals surface area contributed by atoms with Gasteiger partial charge in [0.2, 0.25) is 5.95 Å². The molecule has 0 aliphatic heterocycles. The topological polar surface area (TPSA) is 107 Å². The van der Waals surface area contributed by atoms with Crippen LogP contribution in [0, 0.1) is 6.92 Å². The average Bonchev–Trinajstić information content (AvgIpc) is 2.87. The molecular formula is C17H17N5O2. The minimum Gasteiger partial charge on any atom is -0.478 e. The standard InChI is InChI=1S/C17H17N5O2/c1-10-6-14(20-17(18)19-10)15-13(9-22(2)21-15)8-11-4-3-5-12(7-11)16(23)24/h3-7,9H,8H2,1-2H3,(H,23,24)(H2,18,19,20). The second kappa shape index (κ2) is 6.11. The summed E-state index contributed by atoms with van der Waals surface area (Å²) in [7, 11) is 1.83. The molecule has 0 saturated heterocycles. The Morgan fingerprint density at radius 3 is 2.79 bits per heavy atom. The molecule has 122 valence electrons. The van der Waals surface area contributed by atoms with Crippen LogP contribution < -0.4 is 5.73 Å². The van der Waals surface area contributed by atoms with E-state index in [1.165, 1.54) is 0 Å². The van der Waals surface area contributed by atoms with Gasteiger partial charge in [0.15, 0.2) is 0 Å². The van der Waals surface area contributed by atoms with Crippen molar-refractivity contribution in [2.75, 3.05) is 5.73 Å². The third-order valence-electron chi connectivity index (χ3n) is 3.59. The quantitative estimate of drug-likeness (QED) is 0.761. The highest BCUT2D eigenvalue weighted by atomic mass is 16.4. The Hall–Kier alpha value is -3.22. The normalized spacial score (nSPS) is 10.8. The van der Waals surface area contributed by atoms with E-state index in [1.807, 2.05) is 32.3 Å². The number of hydrogen-bond donors (Lipinski definition) is 2. The molecule has 0 aliphatic rings. The van der Waals surface area contributed by atoms with Crippen LogP contribution in [0.5, 0.6) is 0 Å². The molecule has 0 saturated carbocycles. The zero-order valence-electron chi connectivity index (χ0n) is 13.4. The SMILES string of the molecule is Cc1cc(-c2nn(C)cc2Cc2cccc(C(=O)O)c2)nc(N)n1. The fraction of sp³-hybridized carbons (Fsp3) is 0.176. The smallest absolute Gasteiger partial charge is 0.335 e. The first kappa shape index (κ1) is 15.7. The van der Waals surface area contributed by atoms with Crippen LogP contribution in [0.3, 0.4) is 0 Å². The Kier molecular flexibility index (Phi) is 3.99. The minimum absolute atomic E-state index is 0.203. The lowest BCUT2D eigenvalue weighted by molar-refractivity contribution is 0.0696. The van der Waals surface area contributed by atoms with E-state index in [-0.39, 0.29) is 11.5 Å². The van der Waals surface area contributed by atoms with Gasteiger partial charge in [0.1, 0.15) is 5.69 Å². The second-order valence-electron chi connectivity index (χ2n) is 5.61. The molecule has 3 aromatic rings. The van der Waals surface area contributed by atoms with E-state index in [1.54, 1.807) is 22.9 Å². The molecule has 0 spiro atoms. The number of nitrogens with two attached hydrogens (primary N) is 1. The number of benzene rings is 1. The third-order valence-corrected chi connectivity index (χ3v) is 3.59. The number of aryl methyl sites for hydroxylation is 2. The van der Waals surface area contributed by atoms with Crippen LogP contribution in [0.1, 0.15) is 27.2 Å². The van der Waals surface area contributed by atoms with Gasteiger partial charge in [-0.15, -0.1) is 0 Å². The summed E-state index contributed by atoms with van der Waals surface area (Å²) < 4.78 is 1.71. The summed E-state index contributed by atoms with van der Waals surface area (Å²) in [4.78, 5) is 19.5. The highest BCUT2D eigenvalue weighted by Gasteiger charge is 2.14. The summed E-state index contributed by atoms with van der Waals surface area (Å²) in [5, 5.41) is 13.6. The maximum Gasteiger partial charge on any atom is 0.335 e. The van der Waals surface area contributed by atoms with Crippen LogP contribution in [-0.2, 0) is 13.5 Å². The molecule has 0 aliphatic carbocycles. The molecule has 3 rings (SSSR count). The van der Waals surface area contributed by atoms with Gasteiger partial charge in [-0.3, -0.25) is 4.68 Å². The number of carboxylic acids is 1. The molecule has 0 fully saturated rings. The van der Waals surface area contributed by atoms with Crippen molar-refractivity contribution in [2.45, 2.75) is 13.3 Å². The predicted molar refractivity (Wildman–Crippen MR) is 89.6 cm³/mol. The highest BCUT2D eigenvalue weighted by Crippen LogP contribution is 2.24. The van der Waals surface area contributed by atoms with Gasteiger partial charge >= 0.3 is 5.97 Å². The van der Waals surface area contributed by atoms with Crippen LogP contribution in [-0.4, -0.2) is 30.8 Å². The van der Waals surface area contributed by atoms with Gasteiger partial charge in [-0.05, 0) is 30.7 Å². The van der Waals surface area contributed by atoms with Gasteiger partial charge < -0.3 is 10.8 Å². The lowest BCUT2D eigenvalue weighted by Gasteiger charge is -2.05. The summed E-state index contributed by atoms with van der Waals surface area (Å²) in [5.41, 5.74) is 9.98. The van der Waals surface area contributed by atoms with Crippen LogP contribution in [0.15, 0.2) is 36.5 Å².